The molecule has 0 fully saturated rings. The lowest BCUT2D eigenvalue weighted by atomic mass is 10.1. The van der Waals surface area contributed by atoms with E-state index in [-0.39, 0.29) is 0 Å². The second-order valence-electron chi connectivity index (χ2n) is 4.61. The summed E-state index contributed by atoms with van der Waals surface area (Å²) in [5.41, 5.74) is -1.09. The smallest absolute Gasteiger partial charge is 0.420 e. The Bertz CT molecular complexity index is 671. The van der Waals surface area contributed by atoms with E-state index in [2.05, 4.69) is 0 Å². The molecule has 0 aliphatic heterocycles. The Hall–Kier alpha value is -2.57. The zero-order valence-electron chi connectivity index (χ0n) is 11.5. The summed E-state index contributed by atoms with van der Waals surface area (Å²) in [6.07, 6.45) is -5.36. The van der Waals surface area contributed by atoms with Gasteiger partial charge < -0.3 is 4.74 Å². The van der Waals surface area contributed by atoms with Crippen molar-refractivity contribution in [3.63, 3.8) is 0 Å². The first kappa shape index (κ1) is 15.8. The Morgan fingerprint density at radius 2 is 1.77 bits per heavy atom. The second kappa shape index (κ2) is 6.05. The molecule has 2 aromatic carbocycles. The highest BCUT2D eigenvalue weighted by Crippen LogP contribution is 2.39. The summed E-state index contributed by atoms with van der Waals surface area (Å²) in [6.45, 7) is 1.61. The van der Waals surface area contributed by atoms with E-state index in [0.29, 0.717) is 11.6 Å². The Labute approximate surface area is 124 Å². The van der Waals surface area contributed by atoms with Crippen molar-refractivity contribution < 1.29 is 22.8 Å². The highest BCUT2D eigenvalue weighted by Gasteiger charge is 2.36. The van der Waals surface area contributed by atoms with Gasteiger partial charge in [-0.1, -0.05) is 30.3 Å². The van der Waals surface area contributed by atoms with Crippen molar-refractivity contribution in [1.29, 1.82) is 0 Å². The van der Waals surface area contributed by atoms with Gasteiger partial charge in [-0.2, -0.15) is 13.2 Å². The number of alkyl halides is 3. The minimum atomic E-state index is -4.74. The van der Waals surface area contributed by atoms with E-state index in [1.165, 1.54) is 0 Å². The van der Waals surface area contributed by atoms with E-state index in [4.69, 9.17) is 4.74 Å². The number of halogens is 3. The minimum absolute atomic E-state index is 0.436. The SMILES string of the molecule is CC(Oc1ccc([N+](=O)[O-])cc1C(F)(F)F)c1ccccc1. The summed E-state index contributed by atoms with van der Waals surface area (Å²) in [5.74, 6) is -0.436. The van der Waals surface area contributed by atoms with Crippen LogP contribution in [0.25, 0.3) is 0 Å². The van der Waals surface area contributed by atoms with E-state index < -0.39 is 34.2 Å². The fourth-order valence-electron chi connectivity index (χ4n) is 1.94. The van der Waals surface area contributed by atoms with Gasteiger partial charge >= 0.3 is 6.18 Å². The molecule has 0 spiro atoms. The van der Waals surface area contributed by atoms with Crippen molar-refractivity contribution in [2.24, 2.45) is 0 Å². The van der Waals surface area contributed by atoms with E-state index in [1.807, 2.05) is 0 Å². The molecule has 1 unspecified atom stereocenters. The molecular formula is C15H12F3NO3. The van der Waals surface area contributed by atoms with E-state index in [0.717, 1.165) is 12.1 Å². The zero-order valence-corrected chi connectivity index (χ0v) is 11.5. The number of ether oxygens (including phenoxy) is 1. The third-order valence-electron chi connectivity index (χ3n) is 3.05. The molecule has 7 heteroatoms. The maximum Gasteiger partial charge on any atom is 0.420 e. The molecule has 0 bridgehead atoms. The average Bonchev–Trinajstić information content (AvgIpc) is 2.47. The van der Waals surface area contributed by atoms with Gasteiger partial charge in [0.1, 0.15) is 17.4 Å². The van der Waals surface area contributed by atoms with Gasteiger partial charge in [0.05, 0.1) is 4.92 Å². The quantitative estimate of drug-likeness (QED) is 0.604. The number of nitrogens with zero attached hydrogens (tertiary/aromatic N) is 1. The van der Waals surface area contributed by atoms with Crippen molar-refractivity contribution in [2.75, 3.05) is 0 Å². The number of rotatable bonds is 4. The lowest BCUT2D eigenvalue weighted by Crippen LogP contribution is -2.11. The van der Waals surface area contributed by atoms with Crippen LogP contribution in [-0.4, -0.2) is 4.92 Å². The lowest BCUT2D eigenvalue weighted by Gasteiger charge is -2.18. The third-order valence-corrected chi connectivity index (χ3v) is 3.05. The van der Waals surface area contributed by atoms with Gasteiger partial charge in [-0.05, 0) is 18.6 Å². The summed E-state index contributed by atoms with van der Waals surface area (Å²) in [6, 6.07) is 11.2. The van der Waals surface area contributed by atoms with E-state index in [1.54, 1.807) is 37.3 Å². The summed E-state index contributed by atoms with van der Waals surface area (Å²) < 4.78 is 44.5. The van der Waals surface area contributed by atoms with Crippen molar-refractivity contribution in [2.45, 2.75) is 19.2 Å². The van der Waals surface area contributed by atoms with Gasteiger partial charge in [-0.15, -0.1) is 0 Å². The largest absolute Gasteiger partial charge is 0.485 e. The molecule has 0 amide bonds. The normalized spacial score (nSPS) is 12.7. The summed E-state index contributed by atoms with van der Waals surface area (Å²) in [7, 11) is 0. The first-order valence-electron chi connectivity index (χ1n) is 6.36. The predicted octanol–water partition coefficient (Wildman–Crippen LogP) is 4.75. The fourth-order valence-corrected chi connectivity index (χ4v) is 1.94. The average molecular weight is 311 g/mol. The van der Waals surface area contributed by atoms with Crippen LogP contribution in [0.15, 0.2) is 48.5 Å². The Morgan fingerprint density at radius 3 is 2.32 bits per heavy atom. The summed E-state index contributed by atoms with van der Waals surface area (Å²) >= 11 is 0. The van der Waals surface area contributed by atoms with Gasteiger partial charge in [-0.25, -0.2) is 0 Å². The molecule has 0 aliphatic rings. The molecule has 2 aromatic rings. The number of non-ortho nitro benzene ring substituents is 1. The van der Waals surface area contributed by atoms with Gasteiger partial charge in [0, 0.05) is 12.1 Å². The summed E-state index contributed by atoms with van der Waals surface area (Å²) in [5, 5.41) is 10.6. The molecule has 0 aliphatic carbocycles. The number of hydrogen-bond donors (Lipinski definition) is 0. The molecule has 2 rings (SSSR count). The van der Waals surface area contributed by atoms with Crippen molar-refractivity contribution in [1.82, 2.24) is 0 Å². The Balaban J connectivity index is 2.36. The Morgan fingerprint density at radius 1 is 1.14 bits per heavy atom. The van der Waals surface area contributed by atoms with Gasteiger partial charge in [0.2, 0.25) is 0 Å². The molecule has 0 N–H and O–H groups in total. The number of nitro benzene ring substituents is 1. The van der Waals surface area contributed by atoms with Crippen LogP contribution in [0.5, 0.6) is 5.75 Å². The lowest BCUT2D eigenvalue weighted by molar-refractivity contribution is -0.385. The highest BCUT2D eigenvalue weighted by atomic mass is 19.4. The molecule has 1 atom stereocenters. The Kier molecular flexibility index (Phi) is 4.35. The van der Waals surface area contributed by atoms with Crippen LogP contribution in [0.1, 0.15) is 24.2 Å². The number of nitro groups is 1. The van der Waals surface area contributed by atoms with Gasteiger partial charge in [0.25, 0.3) is 5.69 Å². The molecule has 0 saturated heterocycles. The van der Waals surface area contributed by atoms with Crippen LogP contribution < -0.4 is 4.74 Å². The van der Waals surface area contributed by atoms with Crippen molar-refractivity contribution in [3.05, 3.63) is 69.8 Å². The molecule has 4 nitrogen and oxygen atoms in total. The summed E-state index contributed by atoms with van der Waals surface area (Å²) in [4.78, 5) is 9.76. The van der Waals surface area contributed by atoms with Gasteiger partial charge in [0.15, 0.2) is 0 Å². The molecule has 0 heterocycles. The van der Waals surface area contributed by atoms with Crippen molar-refractivity contribution in [3.8, 4) is 5.75 Å². The molecule has 0 saturated carbocycles. The van der Waals surface area contributed by atoms with Crippen LogP contribution in [0, 0.1) is 10.1 Å². The molecule has 0 aromatic heterocycles. The zero-order chi connectivity index (χ0) is 16.3. The fraction of sp³-hybridized carbons (Fsp3) is 0.200. The number of benzene rings is 2. The van der Waals surface area contributed by atoms with Gasteiger partial charge in [-0.3, -0.25) is 10.1 Å². The van der Waals surface area contributed by atoms with E-state index >= 15 is 0 Å². The number of hydrogen-bond acceptors (Lipinski definition) is 3. The van der Waals surface area contributed by atoms with Crippen LogP contribution in [0.4, 0.5) is 18.9 Å². The van der Waals surface area contributed by atoms with Crippen LogP contribution in [0.3, 0.4) is 0 Å². The molecular weight excluding hydrogens is 299 g/mol. The molecule has 0 radical (unpaired) electrons. The third kappa shape index (κ3) is 3.55. The van der Waals surface area contributed by atoms with E-state index in [9.17, 15) is 23.3 Å². The van der Waals surface area contributed by atoms with Crippen LogP contribution >= 0.6 is 0 Å². The second-order valence-corrected chi connectivity index (χ2v) is 4.61. The maximum atomic E-state index is 13.0. The topological polar surface area (TPSA) is 52.4 Å². The minimum Gasteiger partial charge on any atom is -0.485 e. The molecule has 22 heavy (non-hydrogen) atoms. The first-order chi connectivity index (χ1) is 10.3. The van der Waals surface area contributed by atoms with Crippen LogP contribution in [0.2, 0.25) is 0 Å². The molecule has 116 valence electrons. The van der Waals surface area contributed by atoms with Crippen LogP contribution in [-0.2, 0) is 6.18 Å². The highest BCUT2D eigenvalue weighted by molar-refractivity contribution is 5.45. The first-order valence-corrected chi connectivity index (χ1v) is 6.36. The maximum absolute atomic E-state index is 13.0. The monoisotopic (exact) mass is 311 g/mol. The predicted molar refractivity (Wildman–Crippen MR) is 73.6 cm³/mol. The standard InChI is InChI=1S/C15H12F3NO3/c1-10(11-5-3-2-4-6-11)22-14-8-7-12(19(20)21)9-13(14)15(16,17)18/h2-10H,1H3. The van der Waals surface area contributed by atoms with Crippen molar-refractivity contribution >= 4 is 5.69 Å².